The summed E-state index contributed by atoms with van der Waals surface area (Å²) in [5.41, 5.74) is 2.02. The van der Waals surface area contributed by atoms with Gasteiger partial charge in [-0.25, -0.2) is 9.78 Å². The SMILES string of the molecule is O=C(O)N1CCn2c(nc3ccccc32)C1. The molecule has 0 unspecified atom stereocenters. The number of fused-ring (bicyclic) bond motifs is 3. The van der Waals surface area contributed by atoms with E-state index in [-0.39, 0.29) is 0 Å². The molecule has 3 rings (SSSR count). The highest BCUT2D eigenvalue weighted by molar-refractivity contribution is 5.76. The molecule has 0 fully saturated rings. The number of aromatic nitrogens is 2. The predicted molar refractivity (Wildman–Crippen MR) is 58.2 cm³/mol. The quantitative estimate of drug-likeness (QED) is 0.728. The van der Waals surface area contributed by atoms with E-state index in [1.165, 1.54) is 4.90 Å². The van der Waals surface area contributed by atoms with Crippen LogP contribution >= 0.6 is 0 Å². The van der Waals surface area contributed by atoms with Crippen molar-refractivity contribution in [2.75, 3.05) is 6.54 Å². The number of imidazole rings is 1. The second-order valence-corrected chi connectivity index (χ2v) is 3.87. The summed E-state index contributed by atoms with van der Waals surface area (Å²) in [6.07, 6.45) is -0.877. The van der Waals surface area contributed by atoms with Gasteiger partial charge in [-0.05, 0) is 12.1 Å². The first-order chi connectivity index (χ1) is 7.75. The van der Waals surface area contributed by atoms with Crippen molar-refractivity contribution >= 4 is 17.1 Å². The van der Waals surface area contributed by atoms with Gasteiger partial charge in [0.1, 0.15) is 5.82 Å². The molecule has 1 aromatic carbocycles. The molecule has 0 atom stereocenters. The summed E-state index contributed by atoms with van der Waals surface area (Å²) in [5.74, 6) is 0.829. The lowest BCUT2D eigenvalue weighted by molar-refractivity contribution is 0.132. The third kappa shape index (κ3) is 1.25. The summed E-state index contributed by atoms with van der Waals surface area (Å²) in [6, 6.07) is 7.88. The molecule has 5 nitrogen and oxygen atoms in total. The average molecular weight is 217 g/mol. The summed E-state index contributed by atoms with van der Waals surface area (Å²) >= 11 is 0. The van der Waals surface area contributed by atoms with Crippen molar-refractivity contribution in [2.24, 2.45) is 0 Å². The van der Waals surface area contributed by atoms with Crippen LogP contribution in [0.15, 0.2) is 24.3 Å². The zero-order chi connectivity index (χ0) is 11.1. The molecule has 1 aromatic heterocycles. The maximum Gasteiger partial charge on any atom is 0.407 e. The number of benzene rings is 1. The fourth-order valence-electron chi connectivity index (χ4n) is 2.13. The zero-order valence-corrected chi connectivity index (χ0v) is 8.63. The lowest BCUT2D eigenvalue weighted by Crippen LogP contribution is -2.37. The normalized spacial score (nSPS) is 15.1. The second-order valence-electron chi connectivity index (χ2n) is 3.87. The molecular weight excluding hydrogens is 206 g/mol. The standard InChI is InChI=1S/C11H11N3O2/c15-11(16)13-5-6-14-9-4-2-1-3-8(9)12-10(14)7-13/h1-4H,5-7H2,(H,15,16). The van der Waals surface area contributed by atoms with Crippen molar-refractivity contribution in [3.8, 4) is 0 Å². The number of carboxylic acid groups (broad SMARTS) is 1. The van der Waals surface area contributed by atoms with Gasteiger partial charge in [0.05, 0.1) is 17.6 Å². The van der Waals surface area contributed by atoms with E-state index in [0.717, 1.165) is 16.9 Å². The molecule has 0 spiro atoms. The number of hydrogen-bond acceptors (Lipinski definition) is 2. The molecule has 82 valence electrons. The molecule has 1 aliphatic rings. The van der Waals surface area contributed by atoms with Crippen LogP contribution in [0.4, 0.5) is 4.79 Å². The first-order valence-corrected chi connectivity index (χ1v) is 5.18. The summed E-state index contributed by atoms with van der Waals surface area (Å²) in [7, 11) is 0. The van der Waals surface area contributed by atoms with E-state index in [9.17, 15) is 4.79 Å². The predicted octanol–water partition coefficient (Wildman–Crippen LogP) is 1.53. The Bertz CT molecular complexity index is 561. The van der Waals surface area contributed by atoms with Gasteiger partial charge in [-0.3, -0.25) is 4.90 Å². The molecule has 0 aliphatic carbocycles. The summed E-state index contributed by atoms with van der Waals surface area (Å²) in [4.78, 5) is 16.7. The molecule has 0 saturated carbocycles. The molecule has 5 heteroatoms. The van der Waals surface area contributed by atoms with E-state index >= 15 is 0 Å². The maximum atomic E-state index is 10.9. The van der Waals surface area contributed by atoms with Gasteiger partial charge in [-0.15, -0.1) is 0 Å². The van der Waals surface area contributed by atoms with Crippen LogP contribution in [-0.2, 0) is 13.1 Å². The van der Waals surface area contributed by atoms with Gasteiger partial charge >= 0.3 is 6.09 Å². The average Bonchev–Trinajstić information content (AvgIpc) is 2.66. The Balaban J connectivity index is 2.09. The maximum absolute atomic E-state index is 10.9. The topological polar surface area (TPSA) is 58.4 Å². The van der Waals surface area contributed by atoms with Gasteiger partial charge in [-0.1, -0.05) is 12.1 Å². The van der Waals surface area contributed by atoms with Crippen LogP contribution in [-0.4, -0.2) is 32.2 Å². The zero-order valence-electron chi connectivity index (χ0n) is 8.63. The van der Waals surface area contributed by atoms with Gasteiger partial charge in [0.25, 0.3) is 0 Å². The molecule has 2 aromatic rings. The Kier molecular flexibility index (Phi) is 1.86. The number of rotatable bonds is 0. The van der Waals surface area contributed by atoms with Gasteiger partial charge < -0.3 is 9.67 Å². The molecule has 1 N–H and O–H groups in total. The van der Waals surface area contributed by atoms with Crippen LogP contribution in [0.3, 0.4) is 0 Å². The molecule has 16 heavy (non-hydrogen) atoms. The minimum atomic E-state index is -0.877. The fourth-order valence-corrected chi connectivity index (χ4v) is 2.13. The van der Waals surface area contributed by atoms with Gasteiger partial charge in [-0.2, -0.15) is 0 Å². The third-order valence-corrected chi connectivity index (χ3v) is 2.93. The number of para-hydroxylation sites is 2. The van der Waals surface area contributed by atoms with E-state index in [0.29, 0.717) is 19.6 Å². The number of amides is 1. The molecule has 0 saturated heterocycles. The van der Waals surface area contributed by atoms with Gasteiger partial charge in [0, 0.05) is 13.1 Å². The third-order valence-electron chi connectivity index (χ3n) is 2.93. The van der Waals surface area contributed by atoms with E-state index in [4.69, 9.17) is 5.11 Å². The molecule has 0 bridgehead atoms. The number of nitrogens with zero attached hydrogens (tertiary/aromatic N) is 3. The van der Waals surface area contributed by atoms with Crippen molar-refractivity contribution < 1.29 is 9.90 Å². The van der Waals surface area contributed by atoms with Crippen molar-refractivity contribution in [3.05, 3.63) is 30.1 Å². The lowest BCUT2D eigenvalue weighted by atomic mass is 10.3. The summed E-state index contributed by atoms with van der Waals surface area (Å²) < 4.78 is 2.09. The van der Waals surface area contributed by atoms with E-state index in [1.54, 1.807) is 0 Å². The van der Waals surface area contributed by atoms with Crippen LogP contribution in [0.1, 0.15) is 5.82 Å². The van der Waals surface area contributed by atoms with Crippen LogP contribution in [0.2, 0.25) is 0 Å². The van der Waals surface area contributed by atoms with Gasteiger partial charge in [0.15, 0.2) is 0 Å². The van der Waals surface area contributed by atoms with Crippen molar-refractivity contribution in [1.82, 2.24) is 14.5 Å². The second kappa shape index (κ2) is 3.23. The fraction of sp³-hybridized carbons (Fsp3) is 0.273. The van der Waals surface area contributed by atoms with Crippen molar-refractivity contribution in [1.29, 1.82) is 0 Å². The number of carbonyl (C=O) groups is 1. The van der Waals surface area contributed by atoms with E-state index < -0.39 is 6.09 Å². The van der Waals surface area contributed by atoms with Crippen molar-refractivity contribution in [2.45, 2.75) is 13.1 Å². The largest absolute Gasteiger partial charge is 0.465 e. The smallest absolute Gasteiger partial charge is 0.407 e. The Morgan fingerprint density at radius 1 is 1.31 bits per heavy atom. The Morgan fingerprint density at radius 3 is 2.94 bits per heavy atom. The van der Waals surface area contributed by atoms with Crippen molar-refractivity contribution in [3.63, 3.8) is 0 Å². The molecule has 1 aliphatic heterocycles. The monoisotopic (exact) mass is 217 g/mol. The Labute approximate surface area is 91.9 Å². The van der Waals surface area contributed by atoms with Crippen LogP contribution in [0.5, 0.6) is 0 Å². The Hall–Kier alpha value is -2.04. The molecular formula is C11H11N3O2. The highest BCUT2D eigenvalue weighted by Gasteiger charge is 2.22. The van der Waals surface area contributed by atoms with E-state index in [1.807, 2.05) is 24.3 Å². The van der Waals surface area contributed by atoms with Crippen LogP contribution < -0.4 is 0 Å². The first kappa shape index (κ1) is 9.21. The summed E-state index contributed by atoms with van der Waals surface area (Å²) in [6.45, 7) is 1.59. The minimum Gasteiger partial charge on any atom is -0.465 e. The highest BCUT2D eigenvalue weighted by atomic mass is 16.4. The van der Waals surface area contributed by atoms with Gasteiger partial charge in [0.2, 0.25) is 0 Å². The van der Waals surface area contributed by atoms with Crippen LogP contribution in [0.25, 0.3) is 11.0 Å². The highest BCUT2D eigenvalue weighted by Crippen LogP contribution is 2.20. The van der Waals surface area contributed by atoms with Crippen LogP contribution in [0, 0.1) is 0 Å². The molecule has 1 amide bonds. The Morgan fingerprint density at radius 2 is 2.12 bits per heavy atom. The lowest BCUT2D eigenvalue weighted by Gasteiger charge is -2.25. The van der Waals surface area contributed by atoms with E-state index in [2.05, 4.69) is 9.55 Å². The molecule has 0 radical (unpaired) electrons. The molecule has 2 heterocycles. The minimum absolute atomic E-state index is 0.379. The number of hydrogen-bond donors (Lipinski definition) is 1. The first-order valence-electron chi connectivity index (χ1n) is 5.18. The summed E-state index contributed by atoms with van der Waals surface area (Å²) in [5, 5.41) is 8.93.